The standard InChI is InChI=1S/C19H17ClO6/c1-24-18(22)14-8-4-9-15(12-14)25-19(23)26-17(21)11-5-7-13-6-2-3-10-16(13)20/h2-4,6,8-10,12H,5,7,11H2,1H3. The molecule has 6 nitrogen and oxygen atoms in total. The van der Waals surface area contributed by atoms with Crippen LogP contribution in [-0.4, -0.2) is 25.2 Å². The van der Waals surface area contributed by atoms with E-state index >= 15 is 0 Å². The van der Waals surface area contributed by atoms with Crippen molar-refractivity contribution in [2.24, 2.45) is 0 Å². The van der Waals surface area contributed by atoms with E-state index in [-0.39, 0.29) is 17.7 Å². The summed E-state index contributed by atoms with van der Waals surface area (Å²) in [7, 11) is 1.24. The second kappa shape index (κ2) is 9.58. The van der Waals surface area contributed by atoms with Crippen LogP contribution < -0.4 is 4.74 Å². The number of hydrogen-bond acceptors (Lipinski definition) is 6. The number of methoxy groups -OCH3 is 1. The molecule has 0 saturated heterocycles. The second-order valence-electron chi connectivity index (χ2n) is 5.29. The van der Waals surface area contributed by atoms with Gasteiger partial charge in [-0.05, 0) is 42.7 Å². The van der Waals surface area contributed by atoms with Gasteiger partial charge in [-0.2, -0.15) is 0 Å². The van der Waals surface area contributed by atoms with Crippen LogP contribution in [0.3, 0.4) is 0 Å². The van der Waals surface area contributed by atoms with Crippen molar-refractivity contribution < 1.29 is 28.6 Å². The van der Waals surface area contributed by atoms with Crippen LogP contribution in [0.15, 0.2) is 48.5 Å². The Kier molecular flexibility index (Phi) is 7.17. The average molecular weight is 377 g/mol. The molecule has 26 heavy (non-hydrogen) atoms. The van der Waals surface area contributed by atoms with E-state index in [4.69, 9.17) is 16.3 Å². The molecule has 2 aromatic carbocycles. The Balaban J connectivity index is 1.79. The largest absolute Gasteiger partial charge is 0.521 e. The number of esters is 2. The third-order valence-electron chi connectivity index (χ3n) is 3.44. The van der Waals surface area contributed by atoms with E-state index in [1.807, 2.05) is 18.2 Å². The summed E-state index contributed by atoms with van der Waals surface area (Å²) in [4.78, 5) is 34.8. The van der Waals surface area contributed by atoms with Gasteiger partial charge in [0.25, 0.3) is 0 Å². The minimum absolute atomic E-state index is 0.0442. The highest BCUT2D eigenvalue weighted by atomic mass is 35.5. The minimum Gasteiger partial charge on any atom is -0.465 e. The fourth-order valence-corrected chi connectivity index (χ4v) is 2.42. The number of aryl methyl sites for hydroxylation is 1. The third kappa shape index (κ3) is 5.89. The summed E-state index contributed by atoms with van der Waals surface area (Å²) < 4.78 is 14.1. The maximum absolute atomic E-state index is 11.7. The number of carbonyl (C=O) groups excluding carboxylic acids is 3. The summed E-state index contributed by atoms with van der Waals surface area (Å²) in [6.45, 7) is 0. The van der Waals surface area contributed by atoms with Crippen molar-refractivity contribution in [3.05, 3.63) is 64.7 Å². The Bertz CT molecular complexity index is 802. The van der Waals surface area contributed by atoms with Crippen LogP contribution in [0.4, 0.5) is 4.79 Å². The maximum Gasteiger partial charge on any atom is 0.521 e. The first kappa shape index (κ1) is 19.5. The topological polar surface area (TPSA) is 78.9 Å². The van der Waals surface area contributed by atoms with Gasteiger partial charge in [0.15, 0.2) is 0 Å². The molecule has 0 aliphatic carbocycles. The number of halogens is 1. The lowest BCUT2D eigenvalue weighted by Gasteiger charge is -2.06. The lowest BCUT2D eigenvalue weighted by atomic mass is 10.1. The molecule has 0 saturated carbocycles. The van der Waals surface area contributed by atoms with Crippen molar-refractivity contribution in [3.8, 4) is 5.75 Å². The van der Waals surface area contributed by atoms with Gasteiger partial charge >= 0.3 is 18.1 Å². The fraction of sp³-hybridized carbons (Fsp3) is 0.211. The van der Waals surface area contributed by atoms with Gasteiger partial charge in [0.05, 0.1) is 12.7 Å². The Morgan fingerprint density at radius 2 is 1.81 bits per heavy atom. The van der Waals surface area contributed by atoms with Crippen LogP contribution >= 0.6 is 11.6 Å². The number of rotatable bonds is 6. The zero-order valence-electron chi connectivity index (χ0n) is 14.1. The molecule has 2 rings (SSSR count). The first-order valence-electron chi connectivity index (χ1n) is 7.84. The molecular formula is C19H17ClO6. The van der Waals surface area contributed by atoms with E-state index in [0.29, 0.717) is 17.9 Å². The molecular weight excluding hydrogens is 360 g/mol. The van der Waals surface area contributed by atoms with Crippen LogP contribution in [0.5, 0.6) is 5.75 Å². The first-order valence-corrected chi connectivity index (χ1v) is 8.21. The predicted molar refractivity (Wildman–Crippen MR) is 94.3 cm³/mol. The lowest BCUT2D eigenvalue weighted by molar-refractivity contribution is -0.138. The van der Waals surface area contributed by atoms with Crippen molar-refractivity contribution in [2.45, 2.75) is 19.3 Å². The van der Waals surface area contributed by atoms with Gasteiger partial charge in [-0.25, -0.2) is 9.59 Å². The number of carbonyl (C=O) groups is 3. The normalized spacial score (nSPS) is 10.1. The highest BCUT2D eigenvalue weighted by Gasteiger charge is 2.14. The van der Waals surface area contributed by atoms with E-state index in [9.17, 15) is 14.4 Å². The van der Waals surface area contributed by atoms with Gasteiger partial charge in [-0.1, -0.05) is 35.9 Å². The monoisotopic (exact) mass is 376 g/mol. The smallest absolute Gasteiger partial charge is 0.465 e. The van der Waals surface area contributed by atoms with E-state index in [0.717, 1.165) is 5.56 Å². The summed E-state index contributed by atoms with van der Waals surface area (Å²) in [5, 5.41) is 0.630. The number of ether oxygens (including phenoxy) is 3. The summed E-state index contributed by atoms with van der Waals surface area (Å²) in [5.41, 5.74) is 1.13. The number of benzene rings is 2. The van der Waals surface area contributed by atoms with E-state index in [2.05, 4.69) is 9.47 Å². The summed E-state index contributed by atoms with van der Waals surface area (Å²) >= 11 is 6.04. The second-order valence-corrected chi connectivity index (χ2v) is 5.70. The molecule has 0 unspecified atom stereocenters. The molecule has 0 atom stereocenters. The Morgan fingerprint density at radius 1 is 1.04 bits per heavy atom. The lowest BCUT2D eigenvalue weighted by Crippen LogP contribution is -2.16. The highest BCUT2D eigenvalue weighted by Crippen LogP contribution is 2.18. The first-order chi connectivity index (χ1) is 12.5. The van der Waals surface area contributed by atoms with Gasteiger partial charge < -0.3 is 14.2 Å². The predicted octanol–water partition coefficient (Wildman–Crippen LogP) is 4.19. The van der Waals surface area contributed by atoms with Crippen molar-refractivity contribution in [1.82, 2.24) is 0 Å². The quantitative estimate of drug-likeness (QED) is 0.427. The van der Waals surface area contributed by atoms with Crippen LogP contribution in [0.25, 0.3) is 0 Å². The summed E-state index contributed by atoms with van der Waals surface area (Å²) in [6.07, 6.45) is -0.0453. The zero-order chi connectivity index (χ0) is 18.9. The van der Waals surface area contributed by atoms with Crippen molar-refractivity contribution in [1.29, 1.82) is 0 Å². The van der Waals surface area contributed by atoms with Crippen molar-refractivity contribution >= 4 is 29.7 Å². The van der Waals surface area contributed by atoms with Crippen LogP contribution in [-0.2, 0) is 20.7 Å². The molecule has 0 fully saturated rings. The fourth-order valence-electron chi connectivity index (χ4n) is 2.19. The van der Waals surface area contributed by atoms with Crippen molar-refractivity contribution in [3.63, 3.8) is 0 Å². The molecule has 0 amide bonds. The molecule has 0 radical (unpaired) electrons. The molecule has 0 spiro atoms. The molecule has 0 N–H and O–H groups in total. The highest BCUT2D eigenvalue weighted by molar-refractivity contribution is 6.31. The van der Waals surface area contributed by atoms with Crippen LogP contribution in [0.1, 0.15) is 28.8 Å². The SMILES string of the molecule is COC(=O)c1cccc(OC(=O)OC(=O)CCCc2ccccc2Cl)c1. The average Bonchev–Trinajstić information content (AvgIpc) is 2.62. The van der Waals surface area contributed by atoms with Crippen LogP contribution in [0.2, 0.25) is 5.02 Å². The molecule has 7 heteroatoms. The zero-order valence-corrected chi connectivity index (χ0v) is 14.8. The Morgan fingerprint density at radius 3 is 2.54 bits per heavy atom. The van der Waals surface area contributed by atoms with E-state index < -0.39 is 18.1 Å². The van der Waals surface area contributed by atoms with Gasteiger partial charge in [0.2, 0.25) is 0 Å². The van der Waals surface area contributed by atoms with E-state index in [1.165, 1.54) is 31.4 Å². The van der Waals surface area contributed by atoms with E-state index in [1.54, 1.807) is 6.07 Å². The number of hydrogen-bond donors (Lipinski definition) is 0. The molecule has 0 heterocycles. The Labute approximate surface area is 155 Å². The molecule has 0 aromatic heterocycles. The maximum atomic E-state index is 11.7. The molecule has 136 valence electrons. The summed E-state index contributed by atoms with van der Waals surface area (Å²) in [6, 6.07) is 13.1. The molecule has 2 aromatic rings. The van der Waals surface area contributed by atoms with Crippen molar-refractivity contribution in [2.75, 3.05) is 7.11 Å². The van der Waals surface area contributed by atoms with Gasteiger partial charge in [0.1, 0.15) is 5.75 Å². The third-order valence-corrected chi connectivity index (χ3v) is 3.81. The molecule has 0 aliphatic rings. The Hall–Kier alpha value is -2.86. The molecule has 0 bridgehead atoms. The minimum atomic E-state index is -1.16. The van der Waals surface area contributed by atoms with Gasteiger partial charge in [-0.15, -0.1) is 0 Å². The van der Waals surface area contributed by atoms with Gasteiger partial charge in [-0.3, -0.25) is 4.79 Å². The van der Waals surface area contributed by atoms with Crippen LogP contribution in [0, 0.1) is 0 Å². The van der Waals surface area contributed by atoms with Gasteiger partial charge in [0, 0.05) is 11.4 Å². The molecule has 0 aliphatic heterocycles. The summed E-state index contributed by atoms with van der Waals surface area (Å²) in [5.74, 6) is -1.20.